The Morgan fingerprint density at radius 3 is 2.32 bits per heavy atom. The van der Waals surface area contributed by atoms with Gasteiger partial charge in [-0.1, -0.05) is 12.1 Å². The first-order valence-electron chi connectivity index (χ1n) is 7.20. The van der Waals surface area contributed by atoms with Crippen molar-refractivity contribution in [1.29, 1.82) is 0 Å². The van der Waals surface area contributed by atoms with Gasteiger partial charge < -0.3 is 15.3 Å². The van der Waals surface area contributed by atoms with E-state index in [4.69, 9.17) is 5.11 Å². The summed E-state index contributed by atoms with van der Waals surface area (Å²) in [6.45, 7) is 1.51. The molecular weight excluding hydrogens is 297 g/mol. The van der Waals surface area contributed by atoms with Gasteiger partial charge in [-0.3, -0.25) is 0 Å². The zero-order valence-electron chi connectivity index (χ0n) is 12.1. The van der Waals surface area contributed by atoms with Crippen molar-refractivity contribution in [3.8, 4) is 0 Å². The zero-order valence-corrected chi connectivity index (χ0v) is 12.1. The highest BCUT2D eigenvalue weighted by Crippen LogP contribution is 2.29. The number of nitrogens with one attached hydrogen (secondary N) is 1. The average molecular weight is 316 g/mol. The van der Waals surface area contributed by atoms with Gasteiger partial charge in [-0.05, 0) is 36.5 Å². The van der Waals surface area contributed by atoms with Crippen molar-refractivity contribution in [3.63, 3.8) is 0 Å². The average Bonchev–Trinajstić information content (AvgIpc) is 2.52. The number of hydrogen-bond acceptors (Lipinski definition) is 2. The van der Waals surface area contributed by atoms with E-state index in [1.54, 1.807) is 4.90 Å². The van der Waals surface area contributed by atoms with E-state index in [0.717, 1.165) is 25.0 Å². The van der Waals surface area contributed by atoms with Crippen molar-refractivity contribution in [2.24, 2.45) is 5.92 Å². The summed E-state index contributed by atoms with van der Waals surface area (Å²) in [6.07, 6.45) is -2.81. The molecule has 1 aliphatic heterocycles. The fourth-order valence-electron chi connectivity index (χ4n) is 2.42. The van der Waals surface area contributed by atoms with E-state index in [9.17, 15) is 18.0 Å². The van der Waals surface area contributed by atoms with E-state index < -0.39 is 11.7 Å². The van der Waals surface area contributed by atoms with Gasteiger partial charge >= 0.3 is 12.2 Å². The van der Waals surface area contributed by atoms with Crippen LogP contribution in [0.2, 0.25) is 0 Å². The molecule has 1 aromatic carbocycles. The lowest BCUT2D eigenvalue weighted by atomic mass is 9.98. The molecule has 0 aromatic heterocycles. The quantitative estimate of drug-likeness (QED) is 0.901. The molecule has 2 N–H and O–H groups in total. The lowest BCUT2D eigenvalue weighted by molar-refractivity contribution is -0.137. The largest absolute Gasteiger partial charge is 0.416 e. The summed E-state index contributed by atoms with van der Waals surface area (Å²) in [6, 6.07) is 4.52. The van der Waals surface area contributed by atoms with Crippen LogP contribution in [-0.2, 0) is 12.7 Å². The third kappa shape index (κ3) is 4.37. The van der Waals surface area contributed by atoms with Gasteiger partial charge in [0.05, 0.1) is 5.56 Å². The minimum Gasteiger partial charge on any atom is -0.396 e. The van der Waals surface area contributed by atoms with Crippen LogP contribution in [0.15, 0.2) is 24.3 Å². The molecule has 1 saturated heterocycles. The van der Waals surface area contributed by atoms with E-state index >= 15 is 0 Å². The Labute approximate surface area is 126 Å². The molecule has 122 valence electrons. The van der Waals surface area contributed by atoms with Crippen molar-refractivity contribution in [1.82, 2.24) is 10.2 Å². The van der Waals surface area contributed by atoms with Crippen molar-refractivity contribution < 1.29 is 23.1 Å². The molecule has 1 aliphatic rings. The van der Waals surface area contributed by atoms with Crippen molar-refractivity contribution in [2.75, 3.05) is 19.7 Å². The van der Waals surface area contributed by atoms with Gasteiger partial charge in [-0.2, -0.15) is 13.2 Å². The number of nitrogens with zero attached hydrogens (tertiary/aromatic N) is 1. The van der Waals surface area contributed by atoms with E-state index in [-0.39, 0.29) is 25.1 Å². The highest BCUT2D eigenvalue weighted by molar-refractivity contribution is 5.74. The van der Waals surface area contributed by atoms with Crippen molar-refractivity contribution in [3.05, 3.63) is 35.4 Å². The molecule has 1 fully saturated rings. The van der Waals surface area contributed by atoms with Gasteiger partial charge in [0.25, 0.3) is 0 Å². The number of aliphatic hydroxyl groups excluding tert-OH is 1. The predicted octanol–water partition coefficient (Wildman–Crippen LogP) is 2.62. The minimum atomic E-state index is -4.35. The molecule has 1 aromatic rings. The number of rotatable bonds is 3. The molecule has 4 nitrogen and oxygen atoms in total. The van der Waals surface area contributed by atoms with Crippen LogP contribution in [-0.4, -0.2) is 35.7 Å². The van der Waals surface area contributed by atoms with Crippen molar-refractivity contribution >= 4 is 6.03 Å². The Bertz CT molecular complexity index is 495. The molecule has 0 saturated carbocycles. The maximum atomic E-state index is 12.4. The molecule has 0 radical (unpaired) electrons. The van der Waals surface area contributed by atoms with Crippen LogP contribution >= 0.6 is 0 Å². The Kier molecular flexibility index (Phi) is 5.28. The summed E-state index contributed by atoms with van der Waals surface area (Å²) in [5, 5.41) is 11.8. The first-order valence-corrected chi connectivity index (χ1v) is 7.20. The number of amides is 2. The summed E-state index contributed by atoms with van der Waals surface area (Å²) >= 11 is 0. The van der Waals surface area contributed by atoms with E-state index in [1.165, 1.54) is 12.1 Å². The molecule has 2 rings (SSSR count). The van der Waals surface area contributed by atoms with Crippen LogP contribution < -0.4 is 5.32 Å². The predicted molar refractivity (Wildman–Crippen MR) is 75.1 cm³/mol. The van der Waals surface area contributed by atoms with E-state index in [0.29, 0.717) is 18.7 Å². The zero-order chi connectivity index (χ0) is 16.2. The van der Waals surface area contributed by atoms with E-state index in [2.05, 4.69) is 5.32 Å². The van der Waals surface area contributed by atoms with Crippen LogP contribution in [0.4, 0.5) is 18.0 Å². The molecule has 0 spiro atoms. The summed E-state index contributed by atoms with van der Waals surface area (Å²) < 4.78 is 37.3. The van der Waals surface area contributed by atoms with E-state index in [1.807, 2.05) is 0 Å². The summed E-state index contributed by atoms with van der Waals surface area (Å²) in [5.74, 6) is 0.249. The standard InChI is InChI=1S/C15H19F3N2O2/c16-15(17,18)13-3-1-11(2-4-13)9-19-14(22)20-7-5-12(10-21)6-8-20/h1-4,12,21H,5-10H2,(H,19,22). The molecule has 0 unspecified atom stereocenters. The number of benzene rings is 1. The van der Waals surface area contributed by atoms with Crippen LogP contribution in [0.3, 0.4) is 0 Å². The lowest BCUT2D eigenvalue weighted by Gasteiger charge is -2.31. The number of carbonyl (C=O) groups is 1. The van der Waals surface area contributed by atoms with Crippen molar-refractivity contribution in [2.45, 2.75) is 25.6 Å². The Morgan fingerprint density at radius 1 is 1.23 bits per heavy atom. The smallest absolute Gasteiger partial charge is 0.396 e. The normalized spacial score (nSPS) is 16.6. The molecule has 0 aliphatic carbocycles. The second kappa shape index (κ2) is 7.00. The van der Waals surface area contributed by atoms with Gasteiger partial charge in [0, 0.05) is 26.2 Å². The van der Waals surface area contributed by atoms with Gasteiger partial charge in [0.15, 0.2) is 0 Å². The van der Waals surface area contributed by atoms with Crippen LogP contribution in [0.1, 0.15) is 24.0 Å². The Morgan fingerprint density at radius 2 is 1.82 bits per heavy atom. The third-order valence-electron chi connectivity index (χ3n) is 3.88. The Hall–Kier alpha value is -1.76. The maximum Gasteiger partial charge on any atom is 0.416 e. The summed E-state index contributed by atoms with van der Waals surface area (Å²) in [5.41, 5.74) is -0.0831. The highest BCUT2D eigenvalue weighted by Gasteiger charge is 2.30. The molecule has 22 heavy (non-hydrogen) atoms. The fraction of sp³-hybridized carbons (Fsp3) is 0.533. The monoisotopic (exact) mass is 316 g/mol. The van der Waals surface area contributed by atoms with Crippen LogP contribution in [0.25, 0.3) is 0 Å². The fourth-order valence-corrected chi connectivity index (χ4v) is 2.42. The number of piperidine rings is 1. The molecule has 1 heterocycles. The first kappa shape index (κ1) is 16.6. The molecule has 0 atom stereocenters. The number of hydrogen-bond donors (Lipinski definition) is 2. The number of halogens is 3. The molecule has 2 amide bonds. The molecular formula is C15H19F3N2O2. The molecule has 0 bridgehead atoms. The van der Waals surface area contributed by atoms with Gasteiger partial charge in [-0.15, -0.1) is 0 Å². The maximum absolute atomic E-state index is 12.4. The number of alkyl halides is 3. The van der Waals surface area contributed by atoms with Crippen LogP contribution in [0, 0.1) is 5.92 Å². The Balaban J connectivity index is 1.81. The number of urea groups is 1. The highest BCUT2D eigenvalue weighted by atomic mass is 19.4. The second-order valence-electron chi connectivity index (χ2n) is 5.47. The van der Waals surface area contributed by atoms with Gasteiger partial charge in [0.1, 0.15) is 0 Å². The van der Waals surface area contributed by atoms with Gasteiger partial charge in [0.2, 0.25) is 0 Å². The topological polar surface area (TPSA) is 52.6 Å². The number of likely N-dealkylation sites (tertiary alicyclic amines) is 1. The first-order chi connectivity index (χ1) is 10.4. The van der Waals surface area contributed by atoms with Crippen LogP contribution in [0.5, 0.6) is 0 Å². The third-order valence-corrected chi connectivity index (χ3v) is 3.88. The number of carbonyl (C=O) groups excluding carboxylic acids is 1. The SMILES string of the molecule is O=C(NCc1ccc(C(F)(F)F)cc1)N1CCC(CO)CC1. The summed E-state index contributed by atoms with van der Waals surface area (Å²) in [4.78, 5) is 13.6. The number of aliphatic hydroxyl groups is 1. The second-order valence-corrected chi connectivity index (χ2v) is 5.47. The lowest BCUT2D eigenvalue weighted by Crippen LogP contribution is -2.44. The van der Waals surface area contributed by atoms with Gasteiger partial charge in [-0.25, -0.2) is 4.79 Å². The summed E-state index contributed by atoms with van der Waals surface area (Å²) in [7, 11) is 0. The minimum absolute atomic E-state index is 0.140. The molecule has 7 heteroatoms.